The number of benzene rings is 2. The van der Waals surface area contributed by atoms with E-state index in [2.05, 4.69) is 20.3 Å². The molecule has 0 unspecified atom stereocenters. The lowest BCUT2D eigenvalue weighted by molar-refractivity contribution is -0.143. The number of para-hydroxylation sites is 1. The van der Waals surface area contributed by atoms with Gasteiger partial charge in [0.25, 0.3) is 5.56 Å². The van der Waals surface area contributed by atoms with Gasteiger partial charge < -0.3 is 9.84 Å². The first-order valence-corrected chi connectivity index (χ1v) is 11.2. The van der Waals surface area contributed by atoms with Crippen molar-refractivity contribution in [3.63, 3.8) is 0 Å². The molecule has 0 saturated heterocycles. The van der Waals surface area contributed by atoms with E-state index in [0.29, 0.717) is 16.9 Å². The van der Waals surface area contributed by atoms with Crippen LogP contribution in [0.25, 0.3) is 21.6 Å². The zero-order valence-corrected chi connectivity index (χ0v) is 19.6. The number of aliphatic hydroxyl groups is 1. The molecule has 0 fully saturated rings. The Morgan fingerprint density at radius 3 is 2.32 bits per heavy atom. The van der Waals surface area contributed by atoms with E-state index < -0.39 is 52.2 Å². The molecule has 2 heterocycles. The largest absolute Gasteiger partial charge is 0.503 e. The summed E-state index contributed by atoms with van der Waals surface area (Å²) in [6.45, 7) is 1.19. The first kappa shape index (κ1) is 26.7. The van der Waals surface area contributed by atoms with Crippen LogP contribution in [-0.4, -0.2) is 32.3 Å². The summed E-state index contributed by atoms with van der Waals surface area (Å²) in [6.07, 6.45) is -10.3. The van der Waals surface area contributed by atoms with Crippen LogP contribution in [0.15, 0.2) is 63.2 Å². The highest BCUT2D eigenvalue weighted by Crippen LogP contribution is 2.38. The Balaban J connectivity index is 1.86. The molecule has 9 nitrogen and oxygen atoms in total. The molecule has 0 saturated carbocycles. The van der Waals surface area contributed by atoms with E-state index >= 15 is 0 Å². The number of esters is 1. The van der Waals surface area contributed by atoms with E-state index in [9.17, 15) is 41.0 Å². The van der Waals surface area contributed by atoms with Crippen LogP contribution in [0.4, 0.5) is 32.0 Å². The Hall–Kier alpha value is -4.34. The summed E-state index contributed by atoms with van der Waals surface area (Å²) in [5.41, 5.74) is -5.43. The molecular formula is C22H13F6N5O4S. The molecule has 0 amide bonds. The number of ether oxygens (including phenoxy) is 1. The van der Waals surface area contributed by atoms with Crippen LogP contribution in [0.5, 0.6) is 0 Å². The summed E-state index contributed by atoms with van der Waals surface area (Å²) in [6, 6.07) is 6.74. The maximum absolute atomic E-state index is 13.2. The van der Waals surface area contributed by atoms with Crippen molar-refractivity contribution >= 4 is 44.6 Å². The highest BCUT2D eigenvalue weighted by atomic mass is 32.1. The molecule has 0 bridgehead atoms. The van der Waals surface area contributed by atoms with Gasteiger partial charge in [-0.25, -0.2) is 9.31 Å². The van der Waals surface area contributed by atoms with E-state index in [-0.39, 0.29) is 40.2 Å². The van der Waals surface area contributed by atoms with Crippen molar-refractivity contribution < 1.29 is 41.0 Å². The lowest BCUT2D eigenvalue weighted by Gasteiger charge is -2.12. The Kier molecular flexibility index (Phi) is 6.92. The molecule has 0 aliphatic carbocycles. The maximum atomic E-state index is 13.2. The standard InChI is InChI=1S/C22H13F6N5O4S/c1-2-37-19(36)15(31-30-12-8-10(21(23,24)25)7-11(9-12)22(26,27)28)16(34)18-32-33-14-6-4-3-5-13(14)17(35)29-20(33)38-18/h3-9,34H,2H2,1H3. The van der Waals surface area contributed by atoms with E-state index in [1.165, 1.54) is 17.5 Å². The van der Waals surface area contributed by atoms with Crippen molar-refractivity contribution in [3.8, 4) is 0 Å². The van der Waals surface area contributed by atoms with Crippen molar-refractivity contribution in [3.05, 3.63) is 74.6 Å². The third-order valence-electron chi connectivity index (χ3n) is 4.85. The van der Waals surface area contributed by atoms with Crippen LogP contribution >= 0.6 is 11.3 Å². The van der Waals surface area contributed by atoms with Gasteiger partial charge in [0.2, 0.25) is 10.7 Å². The summed E-state index contributed by atoms with van der Waals surface area (Å²) in [5.74, 6) is -2.24. The monoisotopic (exact) mass is 557 g/mol. The molecule has 4 aromatic rings. The number of rotatable bonds is 5. The van der Waals surface area contributed by atoms with Gasteiger partial charge in [-0.05, 0) is 37.3 Å². The first-order chi connectivity index (χ1) is 17.8. The van der Waals surface area contributed by atoms with Crippen molar-refractivity contribution in [2.24, 2.45) is 10.2 Å². The highest BCUT2D eigenvalue weighted by Gasteiger charge is 2.37. The number of fused-ring (bicyclic) bond motifs is 3. The maximum Gasteiger partial charge on any atom is 0.416 e. The molecule has 0 spiro atoms. The molecule has 38 heavy (non-hydrogen) atoms. The highest BCUT2D eigenvalue weighted by molar-refractivity contribution is 7.17. The Bertz CT molecular complexity index is 1640. The number of nitrogens with zero attached hydrogens (tertiary/aromatic N) is 5. The minimum Gasteiger partial charge on any atom is -0.503 e. The molecule has 4 rings (SSSR count). The van der Waals surface area contributed by atoms with E-state index in [0.717, 1.165) is 0 Å². The van der Waals surface area contributed by atoms with Crippen LogP contribution in [0.2, 0.25) is 0 Å². The van der Waals surface area contributed by atoms with E-state index in [1.807, 2.05) is 0 Å². The quantitative estimate of drug-likeness (QED) is 0.107. The molecular weight excluding hydrogens is 544 g/mol. The number of aromatic nitrogens is 3. The van der Waals surface area contributed by atoms with E-state index in [1.54, 1.807) is 18.2 Å². The average Bonchev–Trinajstić information content (AvgIpc) is 3.27. The van der Waals surface area contributed by atoms with Crippen molar-refractivity contribution in [2.45, 2.75) is 19.3 Å². The zero-order chi connectivity index (χ0) is 27.8. The van der Waals surface area contributed by atoms with E-state index in [4.69, 9.17) is 4.74 Å². The summed E-state index contributed by atoms with van der Waals surface area (Å²) in [7, 11) is 0. The Morgan fingerprint density at radius 2 is 1.71 bits per heavy atom. The van der Waals surface area contributed by atoms with Crippen LogP contribution < -0.4 is 5.56 Å². The second-order valence-electron chi connectivity index (χ2n) is 7.42. The Morgan fingerprint density at radius 1 is 1.08 bits per heavy atom. The van der Waals surface area contributed by atoms with Crippen molar-refractivity contribution in [1.82, 2.24) is 14.6 Å². The van der Waals surface area contributed by atoms with Gasteiger partial charge in [-0.15, -0.1) is 5.11 Å². The zero-order valence-electron chi connectivity index (χ0n) is 18.8. The number of carbonyl (C=O) groups excluding carboxylic acids is 1. The van der Waals surface area contributed by atoms with Gasteiger partial charge in [0.1, 0.15) is 0 Å². The van der Waals surface area contributed by atoms with Crippen molar-refractivity contribution in [2.75, 3.05) is 6.61 Å². The van der Waals surface area contributed by atoms with Crippen LogP contribution in [0.1, 0.15) is 23.1 Å². The molecule has 0 radical (unpaired) electrons. The molecule has 0 aliphatic rings. The topological polar surface area (TPSA) is 119 Å². The number of hydrogen-bond acceptors (Lipinski definition) is 9. The lowest BCUT2D eigenvalue weighted by Crippen LogP contribution is -2.10. The van der Waals surface area contributed by atoms with Crippen LogP contribution in [0.3, 0.4) is 0 Å². The molecule has 198 valence electrons. The number of alkyl halides is 6. The molecule has 0 aliphatic heterocycles. The molecule has 1 N–H and O–H groups in total. The van der Waals surface area contributed by atoms with Crippen LogP contribution in [-0.2, 0) is 21.9 Å². The fourth-order valence-electron chi connectivity index (χ4n) is 3.18. The first-order valence-electron chi connectivity index (χ1n) is 10.4. The number of azo groups is 1. The minimum atomic E-state index is -5.14. The van der Waals surface area contributed by atoms with Gasteiger partial charge in [0.05, 0.1) is 34.3 Å². The second kappa shape index (κ2) is 9.85. The number of carbonyl (C=O) groups is 1. The SMILES string of the molecule is CCOC(=O)C(N=Nc1cc(C(F)(F)F)cc(C(F)(F)F)c1)=C(O)c1nn2c(nc(=O)c3ccccc32)s1. The average molecular weight is 557 g/mol. The summed E-state index contributed by atoms with van der Waals surface area (Å²) in [5, 5.41) is 21.5. The van der Waals surface area contributed by atoms with Gasteiger partial charge in [-0.1, -0.05) is 23.5 Å². The van der Waals surface area contributed by atoms with Gasteiger partial charge >= 0.3 is 18.3 Å². The fourth-order valence-corrected chi connectivity index (χ4v) is 4.03. The predicted octanol–water partition coefficient (Wildman–Crippen LogP) is 5.92. The molecule has 2 aromatic carbocycles. The predicted molar refractivity (Wildman–Crippen MR) is 122 cm³/mol. The molecule has 0 atom stereocenters. The minimum absolute atomic E-state index is 0.0168. The number of halogens is 6. The van der Waals surface area contributed by atoms with Crippen LogP contribution in [0, 0.1) is 0 Å². The Labute approximate surface area is 211 Å². The smallest absolute Gasteiger partial charge is 0.416 e. The lowest BCUT2D eigenvalue weighted by atomic mass is 10.1. The normalized spacial score (nSPS) is 13.3. The third-order valence-corrected chi connectivity index (χ3v) is 5.77. The van der Waals surface area contributed by atoms with Gasteiger partial charge in [0.15, 0.2) is 10.8 Å². The summed E-state index contributed by atoms with van der Waals surface area (Å²) >= 11 is 0.657. The van der Waals surface area contributed by atoms with Gasteiger partial charge in [-0.3, -0.25) is 4.79 Å². The second-order valence-corrected chi connectivity index (χ2v) is 8.37. The molecule has 16 heteroatoms. The number of aliphatic hydroxyl groups excluding tert-OH is 1. The van der Waals surface area contributed by atoms with Gasteiger partial charge in [-0.2, -0.15) is 41.5 Å². The number of hydrogen-bond donors (Lipinski definition) is 1. The van der Waals surface area contributed by atoms with Gasteiger partial charge in [0, 0.05) is 0 Å². The summed E-state index contributed by atoms with van der Waals surface area (Å²) in [4.78, 5) is 28.6. The van der Waals surface area contributed by atoms with Crippen molar-refractivity contribution in [1.29, 1.82) is 0 Å². The third kappa shape index (κ3) is 5.34. The molecule has 2 aromatic heterocycles. The fraction of sp³-hybridized carbons (Fsp3) is 0.182. The summed E-state index contributed by atoms with van der Waals surface area (Å²) < 4.78 is 84.9.